The van der Waals surface area contributed by atoms with E-state index in [-0.39, 0.29) is 0 Å². The molecule has 1 saturated heterocycles. The number of ether oxygens (including phenoxy) is 1. The molecule has 1 fully saturated rings. The molecule has 1 heteroatoms. The standard InChI is InChI=1S/C7H12O/c1-2-4-7-5-3-6-8-7/h2,4,7H,3,5-6H2,1H3. The molecule has 0 bridgehead atoms. The molecule has 0 spiro atoms. The maximum atomic E-state index is 5.31. The van der Waals surface area contributed by atoms with Crippen LogP contribution in [0, 0.1) is 0 Å². The molecule has 0 aromatic heterocycles. The Hall–Kier alpha value is -0.300. The highest BCUT2D eigenvalue weighted by atomic mass is 16.5. The Labute approximate surface area is 50.3 Å². The van der Waals surface area contributed by atoms with Gasteiger partial charge in [-0.25, -0.2) is 0 Å². The lowest BCUT2D eigenvalue weighted by Gasteiger charge is -1.98. The van der Waals surface area contributed by atoms with Crippen LogP contribution in [0.2, 0.25) is 0 Å². The van der Waals surface area contributed by atoms with E-state index in [2.05, 4.69) is 12.2 Å². The first-order valence-electron chi connectivity index (χ1n) is 3.18. The zero-order valence-corrected chi connectivity index (χ0v) is 5.26. The average molecular weight is 112 g/mol. The van der Waals surface area contributed by atoms with Crippen LogP contribution in [0.1, 0.15) is 19.8 Å². The summed E-state index contributed by atoms with van der Waals surface area (Å²) in [7, 11) is 0. The van der Waals surface area contributed by atoms with E-state index >= 15 is 0 Å². The summed E-state index contributed by atoms with van der Waals surface area (Å²) in [6.07, 6.45) is 7.04. The second kappa shape index (κ2) is 2.88. The molecule has 0 radical (unpaired) electrons. The fourth-order valence-corrected chi connectivity index (χ4v) is 0.969. The zero-order valence-electron chi connectivity index (χ0n) is 5.26. The van der Waals surface area contributed by atoms with Crippen molar-refractivity contribution in [2.45, 2.75) is 25.9 Å². The van der Waals surface area contributed by atoms with Crippen LogP contribution >= 0.6 is 0 Å². The summed E-state index contributed by atoms with van der Waals surface area (Å²) in [4.78, 5) is 0. The minimum Gasteiger partial charge on any atom is -0.374 e. The van der Waals surface area contributed by atoms with Crippen molar-refractivity contribution in [2.75, 3.05) is 6.61 Å². The Balaban J connectivity index is 2.24. The summed E-state index contributed by atoms with van der Waals surface area (Å²) >= 11 is 0. The molecular weight excluding hydrogens is 100 g/mol. The third-order valence-corrected chi connectivity index (χ3v) is 1.37. The summed E-state index contributed by atoms with van der Waals surface area (Å²) in [5.74, 6) is 0. The Morgan fingerprint density at radius 2 is 2.50 bits per heavy atom. The maximum absolute atomic E-state index is 5.31. The summed E-state index contributed by atoms with van der Waals surface area (Å²) in [6.45, 7) is 2.98. The Kier molecular flexibility index (Phi) is 2.10. The summed E-state index contributed by atoms with van der Waals surface area (Å²) in [5, 5.41) is 0. The van der Waals surface area contributed by atoms with Gasteiger partial charge in [0.15, 0.2) is 0 Å². The monoisotopic (exact) mass is 112 g/mol. The Bertz CT molecular complexity index is 80.4. The summed E-state index contributed by atoms with van der Waals surface area (Å²) < 4.78 is 5.31. The quantitative estimate of drug-likeness (QED) is 0.469. The minimum absolute atomic E-state index is 0.431. The smallest absolute Gasteiger partial charge is 0.0756 e. The van der Waals surface area contributed by atoms with Gasteiger partial charge >= 0.3 is 0 Å². The minimum atomic E-state index is 0.431. The summed E-state index contributed by atoms with van der Waals surface area (Å²) in [5.41, 5.74) is 0. The molecule has 0 aliphatic carbocycles. The molecule has 1 aliphatic rings. The maximum Gasteiger partial charge on any atom is 0.0756 e. The van der Waals surface area contributed by atoms with E-state index in [1.54, 1.807) is 0 Å². The van der Waals surface area contributed by atoms with E-state index in [9.17, 15) is 0 Å². The predicted octanol–water partition coefficient (Wildman–Crippen LogP) is 1.74. The lowest BCUT2D eigenvalue weighted by molar-refractivity contribution is 0.145. The van der Waals surface area contributed by atoms with Gasteiger partial charge in [-0.2, -0.15) is 0 Å². The van der Waals surface area contributed by atoms with Crippen LogP contribution in [0.4, 0.5) is 0 Å². The van der Waals surface area contributed by atoms with Gasteiger partial charge in [-0.3, -0.25) is 0 Å². The number of hydrogen-bond acceptors (Lipinski definition) is 1. The lowest BCUT2D eigenvalue weighted by Crippen LogP contribution is -1.97. The predicted molar refractivity (Wildman–Crippen MR) is 33.8 cm³/mol. The zero-order chi connectivity index (χ0) is 5.82. The van der Waals surface area contributed by atoms with Crippen molar-refractivity contribution in [3.8, 4) is 0 Å². The van der Waals surface area contributed by atoms with Gasteiger partial charge in [0.25, 0.3) is 0 Å². The third-order valence-electron chi connectivity index (χ3n) is 1.37. The van der Waals surface area contributed by atoms with Gasteiger partial charge in [-0.05, 0) is 19.8 Å². The van der Waals surface area contributed by atoms with Crippen molar-refractivity contribution < 1.29 is 4.74 Å². The molecule has 0 saturated carbocycles. The van der Waals surface area contributed by atoms with Crippen molar-refractivity contribution in [3.05, 3.63) is 12.2 Å². The molecule has 1 heterocycles. The first-order chi connectivity index (χ1) is 3.93. The van der Waals surface area contributed by atoms with Gasteiger partial charge in [0.2, 0.25) is 0 Å². The molecule has 46 valence electrons. The molecule has 1 atom stereocenters. The van der Waals surface area contributed by atoms with Crippen LogP contribution in [-0.2, 0) is 4.74 Å². The number of allylic oxidation sites excluding steroid dienone is 1. The fourth-order valence-electron chi connectivity index (χ4n) is 0.969. The number of rotatable bonds is 1. The van der Waals surface area contributed by atoms with Crippen LogP contribution in [0.25, 0.3) is 0 Å². The molecule has 0 N–H and O–H groups in total. The molecule has 0 aromatic carbocycles. The molecule has 1 unspecified atom stereocenters. The molecule has 8 heavy (non-hydrogen) atoms. The highest BCUT2D eigenvalue weighted by molar-refractivity contribution is 4.88. The Morgan fingerprint density at radius 3 is 3.00 bits per heavy atom. The second-order valence-corrected chi connectivity index (χ2v) is 2.08. The van der Waals surface area contributed by atoms with Gasteiger partial charge in [0, 0.05) is 6.61 Å². The van der Waals surface area contributed by atoms with Gasteiger partial charge in [-0.1, -0.05) is 12.2 Å². The van der Waals surface area contributed by atoms with Crippen molar-refractivity contribution in [1.29, 1.82) is 0 Å². The molecule has 0 aromatic rings. The Morgan fingerprint density at radius 1 is 1.62 bits per heavy atom. The van der Waals surface area contributed by atoms with E-state index in [4.69, 9.17) is 4.74 Å². The van der Waals surface area contributed by atoms with Crippen LogP contribution in [0.15, 0.2) is 12.2 Å². The second-order valence-electron chi connectivity index (χ2n) is 2.08. The normalized spacial score (nSPS) is 29.9. The van der Waals surface area contributed by atoms with Crippen LogP contribution in [-0.4, -0.2) is 12.7 Å². The molecule has 0 amide bonds. The van der Waals surface area contributed by atoms with E-state index in [1.165, 1.54) is 12.8 Å². The van der Waals surface area contributed by atoms with E-state index in [0.717, 1.165) is 6.61 Å². The van der Waals surface area contributed by atoms with Crippen molar-refractivity contribution in [1.82, 2.24) is 0 Å². The highest BCUT2D eigenvalue weighted by Gasteiger charge is 2.10. The van der Waals surface area contributed by atoms with Crippen molar-refractivity contribution in [2.24, 2.45) is 0 Å². The van der Waals surface area contributed by atoms with E-state index in [0.29, 0.717) is 6.10 Å². The van der Waals surface area contributed by atoms with E-state index in [1.807, 2.05) is 6.92 Å². The molecule has 1 rings (SSSR count). The van der Waals surface area contributed by atoms with Crippen LogP contribution in [0.3, 0.4) is 0 Å². The molecular formula is C7H12O. The third kappa shape index (κ3) is 1.34. The fraction of sp³-hybridized carbons (Fsp3) is 0.714. The van der Waals surface area contributed by atoms with Crippen LogP contribution < -0.4 is 0 Å². The van der Waals surface area contributed by atoms with Crippen molar-refractivity contribution >= 4 is 0 Å². The largest absolute Gasteiger partial charge is 0.374 e. The van der Waals surface area contributed by atoms with Gasteiger partial charge in [-0.15, -0.1) is 0 Å². The highest BCUT2D eigenvalue weighted by Crippen LogP contribution is 2.12. The SMILES string of the molecule is CC=CC1CCCO1. The summed E-state index contributed by atoms with van der Waals surface area (Å²) in [6, 6.07) is 0. The average Bonchev–Trinajstić information content (AvgIpc) is 2.19. The topological polar surface area (TPSA) is 9.23 Å². The van der Waals surface area contributed by atoms with Gasteiger partial charge in [0.05, 0.1) is 6.10 Å². The lowest BCUT2D eigenvalue weighted by atomic mass is 10.2. The molecule has 1 aliphatic heterocycles. The van der Waals surface area contributed by atoms with E-state index < -0.39 is 0 Å². The first-order valence-corrected chi connectivity index (χ1v) is 3.18. The van der Waals surface area contributed by atoms with Crippen molar-refractivity contribution in [3.63, 3.8) is 0 Å². The first kappa shape index (κ1) is 5.83. The van der Waals surface area contributed by atoms with Crippen LogP contribution in [0.5, 0.6) is 0 Å². The van der Waals surface area contributed by atoms with Gasteiger partial charge < -0.3 is 4.74 Å². The number of hydrogen-bond donors (Lipinski definition) is 0. The molecule has 1 nitrogen and oxygen atoms in total. The van der Waals surface area contributed by atoms with Gasteiger partial charge in [0.1, 0.15) is 0 Å².